The number of aromatic nitrogens is 1. The van der Waals surface area contributed by atoms with Gasteiger partial charge >= 0.3 is 20.8 Å². The number of carbonyl (C=O) groups is 1. The van der Waals surface area contributed by atoms with Crippen LogP contribution >= 0.6 is 20.0 Å². The first-order chi connectivity index (χ1) is 18.0. The lowest BCUT2D eigenvalue weighted by Gasteiger charge is -2.31. The minimum Gasteiger partial charge on any atom is -0.495 e. The van der Waals surface area contributed by atoms with Crippen LogP contribution in [0.2, 0.25) is 0 Å². The Labute approximate surface area is 224 Å². The zero-order chi connectivity index (χ0) is 28.1. The highest BCUT2D eigenvalue weighted by molar-refractivity contribution is 7.22. The molecule has 2 aromatic carbocycles. The second kappa shape index (κ2) is 12.1. The number of carbonyl (C=O) groups excluding carboxylic acids is 1. The molecule has 3 aromatic rings. The van der Waals surface area contributed by atoms with E-state index in [1.807, 2.05) is 0 Å². The highest BCUT2D eigenvalue weighted by Gasteiger charge is 2.42. The van der Waals surface area contributed by atoms with Crippen molar-refractivity contribution in [1.82, 2.24) is 4.98 Å². The molecule has 0 aliphatic carbocycles. The van der Waals surface area contributed by atoms with Crippen molar-refractivity contribution in [2.75, 3.05) is 25.6 Å². The summed E-state index contributed by atoms with van der Waals surface area (Å²) in [5, 5.41) is 14.4. The van der Waals surface area contributed by atoms with Crippen molar-refractivity contribution < 1.29 is 37.8 Å². The van der Waals surface area contributed by atoms with E-state index in [1.54, 1.807) is 46.8 Å². The summed E-state index contributed by atoms with van der Waals surface area (Å²) < 4.78 is 40.4. The van der Waals surface area contributed by atoms with Gasteiger partial charge in [-0.2, -0.15) is 0 Å². The van der Waals surface area contributed by atoms with E-state index in [4.69, 9.17) is 23.5 Å². The maximum atomic E-state index is 12.4. The van der Waals surface area contributed by atoms with E-state index in [-0.39, 0.29) is 35.3 Å². The minimum absolute atomic E-state index is 0.122. The van der Waals surface area contributed by atoms with Crippen LogP contribution in [-0.2, 0) is 29.3 Å². The number of nitro groups is 1. The molecule has 0 unspecified atom stereocenters. The van der Waals surface area contributed by atoms with Gasteiger partial charge in [0.25, 0.3) is 5.69 Å². The van der Waals surface area contributed by atoms with E-state index in [0.717, 1.165) is 11.3 Å². The summed E-state index contributed by atoms with van der Waals surface area (Å²) >= 11 is 1.12. The second-order valence-corrected chi connectivity index (χ2v) is 10.1. The molecule has 0 spiro atoms. The summed E-state index contributed by atoms with van der Waals surface area (Å²) in [7, 11) is 0.676. The molecule has 0 atom stereocenters. The molecule has 1 heterocycles. The van der Waals surface area contributed by atoms with Crippen LogP contribution in [0.15, 0.2) is 30.3 Å². The number of rotatable bonds is 11. The summed E-state index contributed by atoms with van der Waals surface area (Å²) in [6, 6.07) is 7.55. The van der Waals surface area contributed by atoms with Crippen LogP contribution in [0, 0.1) is 10.1 Å². The maximum Gasteiger partial charge on any atom is 0.413 e. The average molecular weight is 566 g/mol. The van der Waals surface area contributed by atoms with Gasteiger partial charge in [-0.25, -0.2) is 18.9 Å². The van der Waals surface area contributed by atoms with Gasteiger partial charge in [0, 0.05) is 12.1 Å². The Kier molecular flexibility index (Phi) is 9.34. The number of nitro benzene ring substituents is 1. The first-order valence-electron chi connectivity index (χ1n) is 11.5. The first-order valence-corrected chi connectivity index (χ1v) is 13.1. The Bertz CT molecular complexity index is 1330. The zero-order valence-corrected chi connectivity index (χ0v) is 23.4. The number of anilines is 1. The summed E-state index contributed by atoms with van der Waals surface area (Å²) in [5.74, 6) is -1.78. The van der Waals surface area contributed by atoms with Gasteiger partial charge in [-0.05, 0) is 46.2 Å². The number of methoxy groups -OCH3 is 1. The molecule has 3 rings (SSSR count). The molecule has 0 saturated heterocycles. The van der Waals surface area contributed by atoms with Crippen molar-refractivity contribution in [1.29, 1.82) is 0 Å². The van der Waals surface area contributed by atoms with Crippen molar-refractivity contribution in [2.24, 2.45) is 0 Å². The smallest absolute Gasteiger partial charge is 0.413 e. The lowest BCUT2D eigenvalue weighted by Crippen LogP contribution is -2.34. The number of thiazole rings is 1. The number of benzene rings is 2. The number of non-ortho nitro benzene ring substituents is 1. The molecule has 0 aliphatic rings. The fourth-order valence-electron chi connectivity index (χ4n) is 3.70. The summed E-state index contributed by atoms with van der Waals surface area (Å²) in [6.07, 6.45) is -0.702. The monoisotopic (exact) mass is 565 g/mol. The third kappa shape index (κ3) is 6.43. The third-order valence-corrected chi connectivity index (χ3v) is 6.18. The van der Waals surface area contributed by atoms with Gasteiger partial charge in [-0.3, -0.25) is 15.4 Å². The lowest BCUT2D eigenvalue weighted by atomic mass is 9.98. The first kappa shape index (κ1) is 29.3. The van der Waals surface area contributed by atoms with Gasteiger partial charge in [0.15, 0.2) is 5.13 Å². The average Bonchev–Trinajstić information content (AvgIpc) is 3.23. The van der Waals surface area contributed by atoms with Gasteiger partial charge < -0.3 is 18.9 Å². The third-order valence-electron chi connectivity index (χ3n) is 4.95. The van der Waals surface area contributed by atoms with Crippen molar-refractivity contribution >= 4 is 47.2 Å². The number of hydrogen-bond donors (Lipinski definition) is 1. The summed E-state index contributed by atoms with van der Waals surface area (Å²) in [5.41, 5.74) is 0.470. The highest BCUT2D eigenvalue weighted by Crippen LogP contribution is 2.48. The van der Waals surface area contributed by atoms with Crippen LogP contribution in [0.5, 0.6) is 5.75 Å². The molecule has 14 heteroatoms. The van der Waals surface area contributed by atoms with Crippen molar-refractivity contribution in [2.45, 2.75) is 46.2 Å². The normalized spacial score (nSPS) is 12.1. The number of nitrogens with one attached hydrogen (secondary N) is 1. The van der Waals surface area contributed by atoms with E-state index in [2.05, 4.69) is 10.3 Å². The van der Waals surface area contributed by atoms with Crippen LogP contribution in [0.3, 0.4) is 0 Å². The van der Waals surface area contributed by atoms with E-state index < -0.39 is 31.3 Å². The number of ether oxygens (including phenoxy) is 4. The molecule has 0 bridgehead atoms. The van der Waals surface area contributed by atoms with E-state index in [1.165, 1.54) is 25.3 Å². The molecule has 1 aromatic heterocycles. The van der Waals surface area contributed by atoms with E-state index in [0.29, 0.717) is 21.3 Å². The number of amides is 1. The van der Waals surface area contributed by atoms with Gasteiger partial charge in [0.2, 0.25) is 0 Å². The van der Waals surface area contributed by atoms with Crippen molar-refractivity contribution in [3.63, 3.8) is 0 Å². The quantitative estimate of drug-likeness (QED) is 0.116. The molecular weight excluding hydrogens is 537 g/mol. The molecule has 12 nitrogen and oxygen atoms in total. The maximum absolute atomic E-state index is 12.4. The van der Waals surface area contributed by atoms with Crippen LogP contribution in [-0.4, -0.2) is 41.9 Å². The molecule has 0 aliphatic heterocycles. The van der Waals surface area contributed by atoms with Gasteiger partial charge in [-0.1, -0.05) is 23.5 Å². The van der Waals surface area contributed by atoms with Gasteiger partial charge in [-0.15, -0.1) is 0 Å². The fraction of sp³-hybridized carbons (Fsp3) is 0.417. The molecule has 0 fully saturated rings. The fourth-order valence-corrected chi connectivity index (χ4v) is 4.91. The lowest BCUT2D eigenvalue weighted by molar-refractivity contribution is -0.384. The van der Waals surface area contributed by atoms with Crippen molar-refractivity contribution in [3.05, 3.63) is 46.0 Å². The SMILES string of the molecule is CCOC(OCC)(OP=O)c1cc2sc(NC(=O)OC(C)(C)C)nc2c(-c2cccc([N+](=O)[O-])c2)c1OC. The largest absolute Gasteiger partial charge is 0.495 e. The topological polar surface area (TPSA) is 148 Å². The molecule has 204 valence electrons. The molecule has 38 heavy (non-hydrogen) atoms. The van der Waals surface area contributed by atoms with Crippen LogP contribution < -0.4 is 10.1 Å². The molecular formula is C24H28N3O9PS. The Morgan fingerprint density at radius 1 is 1.18 bits per heavy atom. The highest BCUT2D eigenvalue weighted by atomic mass is 32.1. The molecule has 1 N–H and O–H groups in total. The predicted octanol–water partition coefficient (Wildman–Crippen LogP) is 6.63. The molecule has 0 radical (unpaired) electrons. The van der Waals surface area contributed by atoms with Crippen LogP contribution in [0.4, 0.5) is 15.6 Å². The summed E-state index contributed by atoms with van der Waals surface area (Å²) in [6.45, 7) is 8.87. The summed E-state index contributed by atoms with van der Waals surface area (Å²) in [4.78, 5) is 28.0. The number of fused-ring (bicyclic) bond motifs is 1. The van der Waals surface area contributed by atoms with Crippen LogP contribution in [0.1, 0.15) is 40.2 Å². The minimum atomic E-state index is -1.94. The Balaban J connectivity index is 2.36. The molecule has 0 saturated carbocycles. The Morgan fingerprint density at radius 3 is 2.42 bits per heavy atom. The van der Waals surface area contributed by atoms with E-state index in [9.17, 15) is 19.5 Å². The predicted molar refractivity (Wildman–Crippen MR) is 142 cm³/mol. The van der Waals surface area contributed by atoms with Gasteiger partial charge in [0.1, 0.15) is 11.4 Å². The molecule has 1 amide bonds. The Hall–Kier alpha value is -3.22. The number of hydrogen-bond acceptors (Lipinski definition) is 11. The van der Waals surface area contributed by atoms with Crippen molar-refractivity contribution in [3.8, 4) is 16.9 Å². The van der Waals surface area contributed by atoms with Crippen LogP contribution in [0.25, 0.3) is 21.3 Å². The standard InChI is InChI=1S/C24H28N3O9PS/c1-7-33-24(34-8-2,36-37-31)16-13-17-19(25-21(38-17)26-22(28)35-23(3,4)5)18(20(16)32-6)14-10-9-11-15(12-14)27(29)30/h9-13H,7-8H2,1-6H3,(H,25,26,28). The zero-order valence-electron chi connectivity index (χ0n) is 21.7. The number of nitrogens with zero attached hydrogens (tertiary/aromatic N) is 2. The van der Waals surface area contributed by atoms with Gasteiger partial charge in [0.05, 0.1) is 46.6 Å². The van der Waals surface area contributed by atoms with E-state index >= 15 is 0 Å². The Morgan fingerprint density at radius 2 is 1.87 bits per heavy atom. The second-order valence-electron chi connectivity index (χ2n) is 8.72.